The Morgan fingerprint density at radius 2 is 1.73 bits per heavy atom. The fourth-order valence-corrected chi connectivity index (χ4v) is 1.89. The minimum Gasteiger partial charge on any atom is -0.427 e. The molecule has 0 amide bonds. The van der Waals surface area contributed by atoms with Gasteiger partial charge in [-0.25, -0.2) is 4.79 Å². The molecule has 1 rings (SSSR count). The first kappa shape index (κ1) is 12.3. The highest BCUT2D eigenvalue weighted by Gasteiger charge is 2.32. The molecular formula is C12H22O3. The maximum atomic E-state index is 10.8. The van der Waals surface area contributed by atoms with E-state index in [-0.39, 0.29) is 12.2 Å². The first-order valence-electron chi connectivity index (χ1n) is 6.11. The third-order valence-electron chi connectivity index (χ3n) is 2.90. The molecule has 0 bridgehead atoms. The van der Waals surface area contributed by atoms with Crippen molar-refractivity contribution in [3.8, 4) is 0 Å². The fraction of sp³-hybridized carbons (Fsp3) is 0.917. The molecule has 88 valence electrons. The number of hydrogen-bond donors (Lipinski definition) is 0. The van der Waals surface area contributed by atoms with Gasteiger partial charge in [-0.1, -0.05) is 39.0 Å². The van der Waals surface area contributed by atoms with Gasteiger partial charge in [-0.05, 0) is 19.8 Å². The van der Waals surface area contributed by atoms with E-state index in [2.05, 4.69) is 6.92 Å². The molecule has 3 nitrogen and oxygen atoms in total. The van der Waals surface area contributed by atoms with Gasteiger partial charge in [-0.15, -0.1) is 0 Å². The Bertz CT molecular complexity index is 191. The van der Waals surface area contributed by atoms with Gasteiger partial charge in [-0.2, -0.15) is 0 Å². The zero-order valence-corrected chi connectivity index (χ0v) is 9.83. The lowest BCUT2D eigenvalue weighted by atomic mass is 10.0. The predicted molar refractivity (Wildman–Crippen MR) is 58.8 cm³/mol. The molecule has 0 aliphatic carbocycles. The molecule has 2 atom stereocenters. The average Bonchev–Trinajstić information content (AvgIpc) is 2.51. The molecule has 1 fully saturated rings. The van der Waals surface area contributed by atoms with Gasteiger partial charge in [0.25, 0.3) is 0 Å². The number of carbonyl (C=O) groups excluding carboxylic acids is 1. The van der Waals surface area contributed by atoms with Gasteiger partial charge in [0.05, 0.1) is 0 Å². The molecular weight excluding hydrogens is 192 g/mol. The van der Waals surface area contributed by atoms with Crippen molar-refractivity contribution in [2.45, 2.75) is 71.0 Å². The summed E-state index contributed by atoms with van der Waals surface area (Å²) in [5.41, 5.74) is 0. The summed E-state index contributed by atoms with van der Waals surface area (Å²) < 4.78 is 9.95. The summed E-state index contributed by atoms with van der Waals surface area (Å²) in [5, 5.41) is 0. The molecule has 1 heterocycles. The van der Waals surface area contributed by atoms with Crippen molar-refractivity contribution in [2.24, 2.45) is 0 Å². The Morgan fingerprint density at radius 1 is 1.07 bits per heavy atom. The van der Waals surface area contributed by atoms with Crippen LogP contribution in [0.5, 0.6) is 0 Å². The van der Waals surface area contributed by atoms with Gasteiger partial charge in [0.1, 0.15) is 12.2 Å². The van der Waals surface area contributed by atoms with Crippen LogP contribution in [0.1, 0.15) is 58.8 Å². The monoisotopic (exact) mass is 214 g/mol. The number of cyclic esters (lactones) is 2. The van der Waals surface area contributed by atoms with Gasteiger partial charge in [0.2, 0.25) is 0 Å². The van der Waals surface area contributed by atoms with Crippen LogP contribution in [0.4, 0.5) is 4.79 Å². The van der Waals surface area contributed by atoms with Crippen LogP contribution >= 0.6 is 0 Å². The molecule has 0 aromatic rings. The molecule has 0 saturated carbocycles. The minimum atomic E-state index is -0.501. The zero-order valence-electron chi connectivity index (χ0n) is 9.83. The lowest BCUT2D eigenvalue weighted by Crippen LogP contribution is -2.18. The number of carbonyl (C=O) groups is 1. The second-order valence-corrected chi connectivity index (χ2v) is 4.29. The van der Waals surface area contributed by atoms with Crippen molar-refractivity contribution in [3.63, 3.8) is 0 Å². The predicted octanol–water partition coefficient (Wildman–Crippen LogP) is 3.66. The van der Waals surface area contributed by atoms with Crippen LogP contribution in [-0.4, -0.2) is 18.4 Å². The lowest BCUT2D eigenvalue weighted by Gasteiger charge is -2.10. The van der Waals surface area contributed by atoms with Crippen LogP contribution in [0.25, 0.3) is 0 Å². The third-order valence-corrected chi connectivity index (χ3v) is 2.90. The first-order valence-corrected chi connectivity index (χ1v) is 6.11. The molecule has 0 aromatic carbocycles. The minimum absolute atomic E-state index is 0.0105. The number of ether oxygens (including phenoxy) is 2. The summed E-state index contributed by atoms with van der Waals surface area (Å²) in [6, 6.07) is 0. The SMILES string of the molecule is CCCCCCCCC1OC(=O)OC1C. The van der Waals surface area contributed by atoms with Crippen molar-refractivity contribution in [1.82, 2.24) is 0 Å². The average molecular weight is 214 g/mol. The van der Waals surface area contributed by atoms with Gasteiger partial charge in [0, 0.05) is 0 Å². The van der Waals surface area contributed by atoms with Gasteiger partial charge in [0.15, 0.2) is 0 Å². The topological polar surface area (TPSA) is 35.5 Å². The molecule has 0 spiro atoms. The van der Waals surface area contributed by atoms with Crippen LogP contribution in [0, 0.1) is 0 Å². The van der Waals surface area contributed by atoms with E-state index in [1.165, 1.54) is 32.1 Å². The van der Waals surface area contributed by atoms with Crippen LogP contribution in [0.3, 0.4) is 0 Å². The fourth-order valence-electron chi connectivity index (χ4n) is 1.89. The molecule has 1 aliphatic rings. The Labute approximate surface area is 92.1 Å². The summed E-state index contributed by atoms with van der Waals surface area (Å²) in [4.78, 5) is 10.8. The van der Waals surface area contributed by atoms with Gasteiger partial charge < -0.3 is 9.47 Å². The van der Waals surface area contributed by atoms with Crippen molar-refractivity contribution in [3.05, 3.63) is 0 Å². The van der Waals surface area contributed by atoms with Crippen LogP contribution in [0.15, 0.2) is 0 Å². The van der Waals surface area contributed by atoms with E-state index in [4.69, 9.17) is 9.47 Å². The Kier molecular flexibility index (Phi) is 5.51. The van der Waals surface area contributed by atoms with Crippen molar-refractivity contribution in [1.29, 1.82) is 0 Å². The maximum Gasteiger partial charge on any atom is 0.509 e. The zero-order chi connectivity index (χ0) is 11.1. The van der Waals surface area contributed by atoms with E-state index in [1.807, 2.05) is 6.92 Å². The Hall–Kier alpha value is -0.730. The highest BCUT2D eigenvalue weighted by Crippen LogP contribution is 2.20. The van der Waals surface area contributed by atoms with Gasteiger partial charge in [-0.3, -0.25) is 0 Å². The maximum absolute atomic E-state index is 10.8. The molecule has 0 N–H and O–H groups in total. The van der Waals surface area contributed by atoms with Crippen LogP contribution in [0.2, 0.25) is 0 Å². The molecule has 3 heteroatoms. The summed E-state index contributed by atoms with van der Waals surface area (Å²) in [6.07, 6.45) is 7.98. The first-order chi connectivity index (χ1) is 7.24. The summed E-state index contributed by atoms with van der Waals surface area (Å²) in [7, 11) is 0. The number of unbranched alkanes of at least 4 members (excludes halogenated alkanes) is 5. The Balaban J connectivity index is 1.98. The van der Waals surface area contributed by atoms with Gasteiger partial charge >= 0.3 is 6.16 Å². The summed E-state index contributed by atoms with van der Waals surface area (Å²) in [6.45, 7) is 4.11. The molecule has 15 heavy (non-hydrogen) atoms. The van der Waals surface area contributed by atoms with Crippen LogP contribution in [-0.2, 0) is 9.47 Å². The molecule has 1 aliphatic heterocycles. The van der Waals surface area contributed by atoms with E-state index in [0.717, 1.165) is 12.8 Å². The summed E-state index contributed by atoms with van der Waals surface area (Å²) in [5.74, 6) is 0. The second kappa shape index (κ2) is 6.70. The highest BCUT2D eigenvalue weighted by molar-refractivity contribution is 5.62. The number of rotatable bonds is 7. The summed E-state index contributed by atoms with van der Waals surface area (Å²) >= 11 is 0. The van der Waals surface area contributed by atoms with E-state index < -0.39 is 6.16 Å². The third kappa shape index (κ3) is 4.54. The lowest BCUT2D eigenvalue weighted by molar-refractivity contribution is 0.115. The molecule has 2 unspecified atom stereocenters. The van der Waals surface area contributed by atoms with Crippen molar-refractivity contribution in [2.75, 3.05) is 0 Å². The smallest absolute Gasteiger partial charge is 0.427 e. The highest BCUT2D eigenvalue weighted by atomic mass is 16.8. The van der Waals surface area contributed by atoms with Crippen LogP contribution < -0.4 is 0 Å². The van der Waals surface area contributed by atoms with Crippen molar-refractivity contribution < 1.29 is 14.3 Å². The molecule has 1 saturated heterocycles. The second-order valence-electron chi connectivity index (χ2n) is 4.29. The quantitative estimate of drug-likeness (QED) is 0.479. The van der Waals surface area contributed by atoms with E-state index in [1.54, 1.807) is 0 Å². The molecule has 0 radical (unpaired) electrons. The largest absolute Gasteiger partial charge is 0.509 e. The normalized spacial score (nSPS) is 25.1. The standard InChI is InChI=1S/C12H22O3/c1-3-4-5-6-7-8-9-11-10(2)14-12(13)15-11/h10-11H,3-9H2,1-2H3. The van der Waals surface area contributed by atoms with E-state index in [0.29, 0.717) is 0 Å². The van der Waals surface area contributed by atoms with E-state index >= 15 is 0 Å². The Morgan fingerprint density at radius 3 is 2.33 bits per heavy atom. The van der Waals surface area contributed by atoms with E-state index in [9.17, 15) is 4.79 Å². The van der Waals surface area contributed by atoms with Crippen molar-refractivity contribution >= 4 is 6.16 Å². The number of hydrogen-bond acceptors (Lipinski definition) is 3. The molecule has 0 aromatic heterocycles.